The highest BCUT2D eigenvalue weighted by Gasteiger charge is 2.16. The zero-order valence-electron chi connectivity index (χ0n) is 11.4. The van der Waals surface area contributed by atoms with Gasteiger partial charge in [0.2, 0.25) is 0 Å². The van der Waals surface area contributed by atoms with Crippen LogP contribution in [0.3, 0.4) is 0 Å². The fraction of sp³-hybridized carbons (Fsp3) is 0.692. The van der Waals surface area contributed by atoms with Crippen molar-refractivity contribution < 1.29 is 4.74 Å². The molecule has 0 radical (unpaired) electrons. The first-order valence-electron chi connectivity index (χ1n) is 6.64. The summed E-state index contributed by atoms with van der Waals surface area (Å²) in [6, 6.07) is 0.460. The quantitative estimate of drug-likeness (QED) is 0.855. The second-order valence-electron chi connectivity index (χ2n) is 4.60. The van der Waals surface area contributed by atoms with E-state index in [0.717, 1.165) is 55.5 Å². The molecule has 0 saturated carbocycles. The Bertz CT molecular complexity index is 402. The largest absolute Gasteiger partial charge is 0.381 e. The summed E-state index contributed by atoms with van der Waals surface area (Å²) in [7, 11) is 1.90. The van der Waals surface area contributed by atoms with Crippen molar-refractivity contribution >= 4 is 11.6 Å². The molecule has 1 fully saturated rings. The average Bonchev–Trinajstić information content (AvgIpc) is 2.42. The van der Waals surface area contributed by atoms with E-state index in [1.807, 2.05) is 14.0 Å². The van der Waals surface area contributed by atoms with Crippen molar-refractivity contribution in [3.05, 3.63) is 11.4 Å². The lowest BCUT2D eigenvalue weighted by Gasteiger charge is -2.25. The summed E-state index contributed by atoms with van der Waals surface area (Å²) in [6.45, 7) is 5.79. The van der Waals surface area contributed by atoms with Gasteiger partial charge in [-0.25, -0.2) is 9.97 Å². The molecule has 1 aliphatic rings. The number of aromatic nitrogens is 2. The Kier molecular flexibility index (Phi) is 4.36. The Morgan fingerprint density at radius 1 is 1.22 bits per heavy atom. The fourth-order valence-electron chi connectivity index (χ4n) is 2.14. The van der Waals surface area contributed by atoms with Gasteiger partial charge in [-0.2, -0.15) is 0 Å². The highest BCUT2D eigenvalue weighted by molar-refractivity contribution is 5.57. The molecule has 2 N–H and O–H groups in total. The first kappa shape index (κ1) is 13.1. The van der Waals surface area contributed by atoms with Crippen LogP contribution in [0.4, 0.5) is 11.6 Å². The molecule has 0 bridgehead atoms. The highest BCUT2D eigenvalue weighted by atomic mass is 16.5. The van der Waals surface area contributed by atoms with E-state index in [0.29, 0.717) is 6.04 Å². The minimum Gasteiger partial charge on any atom is -0.381 e. The van der Waals surface area contributed by atoms with E-state index in [2.05, 4.69) is 27.5 Å². The normalized spacial score (nSPS) is 16.6. The van der Waals surface area contributed by atoms with Crippen LogP contribution in [0.5, 0.6) is 0 Å². The first-order valence-corrected chi connectivity index (χ1v) is 6.64. The Hall–Kier alpha value is -1.36. The number of hydrogen-bond acceptors (Lipinski definition) is 5. The number of aryl methyl sites for hydroxylation is 1. The summed E-state index contributed by atoms with van der Waals surface area (Å²) in [5, 5.41) is 6.66. The van der Waals surface area contributed by atoms with Crippen LogP contribution in [0.1, 0.15) is 31.2 Å². The standard InChI is InChI=1S/C13H22N4O/c1-4-11-16-12(14-3)9(2)13(17-11)15-10-5-7-18-8-6-10/h10H,4-8H2,1-3H3,(H2,14,15,16,17). The lowest BCUT2D eigenvalue weighted by atomic mass is 10.1. The molecule has 0 atom stereocenters. The summed E-state index contributed by atoms with van der Waals surface area (Å²) in [6.07, 6.45) is 2.93. The van der Waals surface area contributed by atoms with Gasteiger partial charge in [0, 0.05) is 38.3 Å². The van der Waals surface area contributed by atoms with E-state index >= 15 is 0 Å². The molecule has 1 aromatic heterocycles. The summed E-state index contributed by atoms with van der Waals surface area (Å²) >= 11 is 0. The van der Waals surface area contributed by atoms with E-state index in [1.165, 1.54) is 0 Å². The Balaban J connectivity index is 2.19. The second-order valence-corrected chi connectivity index (χ2v) is 4.60. The molecule has 100 valence electrons. The maximum Gasteiger partial charge on any atom is 0.134 e. The number of anilines is 2. The van der Waals surface area contributed by atoms with Crippen LogP contribution < -0.4 is 10.6 Å². The molecule has 2 rings (SSSR count). The Labute approximate surface area is 108 Å². The van der Waals surface area contributed by atoms with E-state index in [-0.39, 0.29) is 0 Å². The van der Waals surface area contributed by atoms with Gasteiger partial charge in [-0.05, 0) is 19.8 Å². The topological polar surface area (TPSA) is 59.1 Å². The number of ether oxygens (including phenoxy) is 1. The van der Waals surface area contributed by atoms with Gasteiger partial charge in [-0.3, -0.25) is 0 Å². The van der Waals surface area contributed by atoms with Crippen LogP contribution in [0.15, 0.2) is 0 Å². The van der Waals surface area contributed by atoms with Crippen molar-refractivity contribution in [1.29, 1.82) is 0 Å². The molecule has 0 unspecified atom stereocenters. The van der Waals surface area contributed by atoms with Gasteiger partial charge < -0.3 is 15.4 Å². The zero-order chi connectivity index (χ0) is 13.0. The minimum absolute atomic E-state index is 0.460. The molecule has 1 aliphatic heterocycles. The molecule has 5 heteroatoms. The maximum atomic E-state index is 5.37. The predicted molar refractivity (Wildman–Crippen MR) is 73.2 cm³/mol. The summed E-state index contributed by atoms with van der Waals surface area (Å²) < 4.78 is 5.37. The lowest BCUT2D eigenvalue weighted by molar-refractivity contribution is 0.0903. The summed E-state index contributed by atoms with van der Waals surface area (Å²) in [5.74, 6) is 2.74. The molecular weight excluding hydrogens is 228 g/mol. The highest BCUT2D eigenvalue weighted by Crippen LogP contribution is 2.22. The van der Waals surface area contributed by atoms with Gasteiger partial charge >= 0.3 is 0 Å². The number of nitrogens with one attached hydrogen (secondary N) is 2. The third-order valence-electron chi connectivity index (χ3n) is 3.31. The minimum atomic E-state index is 0.460. The smallest absolute Gasteiger partial charge is 0.134 e. The van der Waals surface area contributed by atoms with E-state index in [9.17, 15) is 0 Å². The molecular formula is C13H22N4O. The van der Waals surface area contributed by atoms with Crippen LogP contribution in [0.2, 0.25) is 0 Å². The molecule has 0 spiro atoms. The molecule has 5 nitrogen and oxygen atoms in total. The van der Waals surface area contributed by atoms with Crippen molar-refractivity contribution in [2.75, 3.05) is 30.9 Å². The lowest BCUT2D eigenvalue weighted by Crippen LogP contribution is -2.29. The Morgan fingerprint density at radius 2 is 1.89 bits per heavy atom. The molecule has 1 aromatic rings. The maximum absolute atomic E-state index is 5.37. The second kappa shape index (κ2) is 6.00. The van der Waals surface area contributed by atoms with Crippen LogP contribution in [0, 0.1) is 6.92 Å². The van der Waals surface area contributed by atoms with E-state index in [1.54, 1.807) is 0 Å². The van der Waals surface area contributed by atoms with Crippen molar-refractivity contribution in [3.63, 3.8) is 0 Å². The number of rotatable bonds is 4. The third kappa shape index (κ3) is 2.90. The van der Waals surface area contributed by atoms with E-state index < -0.39 is 0 Å². The molecule has 0 aromatic carbocycles. The average molecular weight is 250 g/mol. The van der Waals surface area contributed by atoms with Crippen molar-refractivity contribution in [1.82, 2.24) is 9.97 Å². The van der Waals surface area contributed by atoms with Gasteiger partial charge in [0.1, 0.15) is 17.5 Å². The van der Waals surface area contributed by atoms with Gasteiger partial charge in [0.15, 0.2) is 0 Å². The number of hydrogen-bond donors (Lipinski definition) is 2. The van der Waals surface area contributed by atoms with Gasteiger partial charge in [-0.1, -0.05) is 6.92 Å². The third-order valence-corrected chi connectivity index (χ3v) is 3.31. The fourth-order valence-corrected chi connectivity index (χ4v) is 2.14. The zero-order valence-corrected chi connectivity index (χ0v) is 11.4. The molecule has 0 amide bonds. The van der Waals surface area contributed by atoms with Crippen molar-refractivity contribution in [3.8, 4) is 0 Å². The van der Waals surface area contributed by atoms with Crippen LogP contribution >= 0.6 is 0 Å². The van der Waals surface area contributed by atoms with Crippen LogP contribution in [-0.4, -0.2) is 36.3 Å². The SMILES string of the molecule is CCc1nc(NC)c(C)c(NC2CCOCC2)n1. The van der Waals surface area contributed by atoms with Gasteiger partial charge in [-0.15, -0.1) is 0 Å². The monoisotopic (exact) mass is 250 g/mol. The van der Waals surface area contributed by atoms with Crippen LogP contribution in [0.25, 0.3) is 0 Å². The first-order chi connectivity index (χ1) is 8.74. The van der Waals surface area contributed by atoms with Gasteiger partial charge in [0.25, 0.3) is 0 Å². The molecule has 18 heavy (non-hydrogen) atoms. The summed E-state index contributed by atoms with van der Waals surface area (Å²) in [5.41, 5.74) is 1.08. The Morgan fingerprint density at radius 3 is 2.50 bits per heavy atom. The van der Waals surface area contributed by atoms with Crippen LogP contribution in [-0.2, 0) is 11.2 Å². The summed E-state index contributed by atoms with van der Waals surface area (Å²) in [4.78, 5) is 9.07. The molecule has 2 heterocycles. The molecule has 1 saturated heterocycles. The molecule has 0 aliphatic carbocycles. The van der Waals surface area contributed by atoms with Gasteiger partial charge in [0.05, 0.1) is 0 Å². The van der Waals surface area contributed by atoms with E-state index in [4.69, 9.17) is 4.74 Å². The van der Waals surface area contributed by atoms with Crippen molar-refractivity contribution in [2.24, 2.45) is 0 Å². The van der Waals surface area contributed by atoms with Crippen molar-refractivity contribution in [2.45, 2.75) is 39.2 Å². The predicted octanol–water partition coefficient (Wildman–Crippen LogP) is 1.98. The number of nitrogens with zero attached hydrogens (tertiary/aromatic N) is 2.